The monoisotopic (exact) mass is 483 g/mol. The van der Waals surface area contributed by atoms with Crippen molar-refractivity contribution in [3.05, 3.63) is 75.3 Å². The third-order valence-corrected chi connectivity index (χ3v) is 6.45. The van der Waals surface area contributed by atoms with Crippen molar-refractivity contribution in [2.75, 3.05) is 5.32 Å². The molecule has 3 aromatic heterocycles. The summed E-state index contributed by atoms with van der Waals surface area (Å²) in [5.74, 6) is 0.209. The molecule has 8 heteroatoms. The maximum Gasteiger partial charge on any atom is 0.267 e. The van der Waals surface area contributed by atoms with Crippen LogP contribution in [0.15, 0.2) is 69.8 Å². The molecule has 0 aliphatic heterocycles. The van der Waals surface area contributed by atoms with Gasteiger partial charge in [0.25, 0.3) is 5.91 Å². The lowest BCUT2D eigenvalue weighted by Crippen LogP contribution is -2.10. The van der Waals surface area contributed by atoms with E-state index in [9.17, 15) is 4.79 Å². The third-order valence-electron chi connectivity index (χ3n) is 4.34. The van der Waals surface area contributed by atoms with Crippen LogP contribution in [-0.2, 0) is 0 Å². The first-order chi connectivity index (χ1) is 14.1. The van der Waals surface area contributed by atoms with Crippen LogP contribution in [0, 0.1) is 0 Å². The fourth-order valence-corrected chi connectivity index (χ4v) is 4.78. The van der Waals surface area contributed by atoms with E-state index in [1.165, 1.54) is 11.3 Å². The van der Waals surface area contributed by atoms with Crippen LogP contribution in [0.3, 0.4) is 0 Å². The summed E-state index contributed by atoms with van der Waals surface area (Å²) in [6.45, 7) is 0. The van der Waals surface area contributed by atoms with Gasteiger partial charge >= 0.3 is 0 Å². The number of carbonyl (C=O) groups excluding carboxylic acids is 1. The molecule has 1 amide bonds. The van der Waals surface area contributed by atoms with Gasteiger partial charge in [-0.3, -0.25) is 9.78 Å². The van der Waals surface area contributed by atoms with E-state index in [0.29, 0.717) is 32.6 Å². The van der Waals surface area contributed by atoms with Gasteiger partial charge in [0.15, 0.2) is 5.58 Å². The van der Waals surface area contributed by atoms with Gasteiger partial charge < -0.3 is 9.73 Å². The molecule has 142 valence electrons. The van der Waals surface area contributed by atoms with Gasteiger partial charge in [0.2, 0.25) is 5.89 Å². The number of benzene rings is 2. The zero-order valence-electron chi connectivity index (χ0n) is 14.6. The Morgan fingerprint density at radius 1 is 1.14 bits per heavy atom. The largest absolute Gasteiger partial charge is 0.436 e. The molecule has 3 heterocycles. The first-order valence-electron chi connectivity index (χ1n) is 8.58. The van der Waals surface area contributed by atoms with Crippen LogP contribution in [0.1, 0.15) is 9.67 Å². The van der Waals surface area contributed by atoms with Gasteiger partial charge in [-0.1, -0.05) is 29.8 Å². The molecular formula is C21H11BrClN3O2S. The van der Waals surface area contributed by atoms with Crippen LogP contribution in [0.25, 0.3) is 32.6 Å². The summed E-state index contributed by atoms with van der Waals surface area (Å²) in [5, 5.41) is 4.24. The highest BCUT2D eigenvalue weighted by Gasteiger charge is 2.17. The summed E-state index contributed by atoms with van der Waals surface area (Å²) < 4.78 is 7.62. The Bertz CT molecular complexity index is 1400. The number of hydrogen-bond acceptors (Lipinski definition) is 5. The third kappa shape index (κ3) is 3.42. The van der Waals surface area contributed by atoms with E-state index >= 15 is 0 Å². The van der Waals surface area contributed by atoms with E-state index in [1.54, 1.807) is 30.6 Å². The Hall–Kier alpha value is -2.74. The molecule has 0 aliphatic rings. The van der Waals surface area contributed by atoms with Gasteiger partial charge in [-0.15, -0.1) is 11.3 Å². The van der Waals surface area contributed by atoms with E-state index < -0.39 is 0 Å². The zero-order valence-corrected chi connectivity index (χ0v) is 17.8. The second-order valence-corrected chi connectivity index (χ2v) is 8.63. The molecule has 0 saturated heterocycles. The number of rotatable bonds is 3. The minimum absolute atomic E-state index is 0.254. The average molecular weight is 485 g/mol. The quantitative estimate of drug-likeness (QED) is 0.307. The number of aromatic nitrogens is 2. The number of anilines is 1. The zero-order chi connectivity index (χ0) is 20.0. The van der Waals surface area contributed by atoms with E-state index in [1.807, 2.05) is 30.3 Å². The number of halogens is 2. The van der Waals surface area contributed by atoms with Crippen LogP contribution < -0.4 is 5.32 Å². The first kappa shape index (κ1) is 18.3. The maximum absolute atomic E-state index is 12.8. The molecule has 0 unspecified atom stereocenters. The fraction of sp³-hybridized carbons (Fsp3) is 0. The summed E-state index contributed by atoms with van der Waals surface area (Å²) in [7, 11) is 0. The van der Waals surface area contributed by atoms with Gasteiger partial charge in [-0.05, 0) is 46.3 Å². The number of pyridine rings is 1. The van der Waals surface area contributed by atoms with Gasteiger partial charge in [0, 0.05) is 32.6 Å². The van der Waals surface area contributed by atoms with Crippen LogP contribution in [0.4, 0.5) is 5.69 Å². The van der Waals surface area contributed by atoms with Crippen molar-refractivity contribution in [1.82, 2.24) is 9.97 Å². The minimum atomic E-state index is -0.254. The van der Waals surface area contributed by atoms with Crippen LogP contribution in [-0.4, -0.2) is 15.9 Å². The Morgan fingerprint density at radius 2 is 2.00 bits per heavy atom. The number of carbonyl (C=O) groups is 1. The molecular weight excluding hydrogens is 474 g/mol. The van der Waals surface area contributed by atoms with Crippen molar-refractivity contribution in [2.45, 2.75) is 0 Å². The molecule has 0 saturated carbocycles. The molecule has 0 spiro atoms. The number of hydrogen-bond donors (Lipinski definition) is 1. The van der Waals surface area contributed by atoms with Gasteiger partial charge in [-0.25, -0.2) is 4.98 Å². The lowest BCUT2D eigenvalue weighted by molar-refractivity contribution is 0.103. The first-order valence-corrected chi connectivity index (χ1v) is 10.6. The standard InChI is InChI=1S/C21H11BrClN3O2S/c22-12-7-11(9-24-10-12)21-26-15-8-13(5-6-16(15)28-21)25-20(27)19-18(23)14-3-1-2-4-17(14)29-19/h1-10H,(H,25,27). The van der Waals surface area contributed by atoms with E-state index in [2.05, 4.69) is 31.2 Å². The Balaban J connectivity index is 1.45. The smallest absolute Gasteiger partial charge is 0.267 e. The van der Waals surface area contributed by atoms with Crippen molar-refractivity contribution in [1.29, 1.82) is 0 Å². The number of oxazole rings is 1. The van der Waals surface area contributed by atoms with Crippen LogP contribution >= 0.6 is 38.9 Å². The highest BCUT2D eigenvalue weighted by Crippen LogP contribution is 2.35. The summed E-state index contributed by atoms with van der Waals surface area (Å²) in [6, 6.07) is 14.9. The summed E-state index contributed by atoms with van der Waals surface area (Å²) in [5.41, 5.74) is 2.64. The molecule has 0 fully saturated rings. The molecule has 0 aliphatic carbocycles. The molecule has 0 radical (unpaired) electrons. The van der Waals surface area contributed by atoms with Crippen molar-refractivity contribution in [2.24, 2.45) is 0 Å². The number of thiophene rings is 1. The summed E-state index contributed by atoms with van der Waals surface area (Å²) >= 11 is 11.2. The number of nitrogens with zero attached hydrogens (tertiary/aromatic N) is 2. The van der Waals surface area contributed by atoms with Crippen molar-refractivity contribution in [3.8, 4) is 11.5 Å². The average Bonchev–Trinajstić information content (AvgIpc) is 3.29. The highest BCUT2D eigenvalue weighted by molar-refractivity contribution is 9.10. The predicted octanol–water partition coefficient (Wildman–Crippen LogP) is 6.77. The predicted molar refractivity (Wildman–Crippen MR) is 120 cm³/mol. The van der Waals surface area contributed by atoms with E-state index in [0.717, 1.165) is 20.1 Å². The van der Waals surface area contributed by atoms with Crippen LogP contribution in [0.2, 0.25) is 5.02 Å². The molecule has 5 rings (SSSR count). The van der Waals surface area contributed by atoms with Crippen molar-refractivity contribution >= 4 is 71.6 Å². The second-order valence-electron chi connectivity index (χ2n) is 6.29. The van der Waals surface area contributed by atoms with E-state index in [-0.39, 0.29) is 5.91 Å². The van der Waals surface area contributed by atoms with Gasteiger partial charge in [-0.2, -0.15) is 0 Å². The molecule has 5 aromatic rings. The normalized spacial score (nSPS) is 11.2. The maximum atomic E-state index is 12.8. The SMILES string of the molecule is O=C(Nc1ccc2oc(-c3cncc(Br)c3)nc2c1)c1sc2ccccc2c1Cl. The number of fused-ring (bicyclic) bond motifs is 2. The van der Waals surface area contributed by atoms with Gasteiger partial charge in [0.05, 0.1) is 10.6 Å². The molecule has 1 N–H and O–H groups in total. The fourth-order valence-electron chi connectivity index (χ4n) is 3.01. The topological polar surface area (TPSA) is 68.0 Å². The Labute approximate surface area is 182 Å². The minimum Gasteiger partial charge on any atom is -0.436 e. The lowest BCUT2D eigenvalue weighted by atomic mass is 10.2. The molecule has 0 atom stereocenters. The Morgan fingerprint density at radius 3 is 2.83 bits per heavy atom. The van der Waals surface area contributed by atoms with Crippen molar-refractivity contribution < 1.29 is 9.21 Å². The summed E-state index contributed by atoms with van der Waals surface area (Å²) in [4.78, 5) is 21.9. The van der Waals surface area contributed by atoms with Crippen molar-refractivity contribution in [3.63, 3.8) is 0 Å². The van der Waals surface area contributed by atoms with Gasteiger partial charge in [0.1, 0.15) is 10.4 Å². The molecule has 5 nitrogen and oxygen atoms in total. The molecule has 29 heavy (non-hydrogen) atoms. The summed E-state index contributed by atoms with van der Waals surface area (Å²) in [6.07, 6.45) is 3.38. The lowest BCUT2D eigenvalue weighted by Gasteiger charge is -2.03. The molecule has 2 aromatic carbocycles. The second kappa shape index (κ2) is 7.26. The number of nitrogens with one attached hydrogen (secondary N) is 1. The van der Waals surface area contributed by atoms with E-state index in [4.69, 9.17) is 16.0 Å². The molecule has 0 bridgehead atoms. The number of amides is 1. The van der Waals surface area contributed by atoms with Crippen LogP contribution in [0.5, 0.6) is 0 Å². The Kier molecular flexibility index (Phi) is 4.58. The highest BCUT2D eigenvalue weighted by atomic mass is 79.9.